The van der Waals surface area contributed by atoms with Crippen molar-refractivity contribution in [3.8, 4) is 6.07 Å². The largest absolute Gasteiger partial charge is 0.364 e. The van der Waals surface area contributed by atoms with Crippen molar-refractivity contribution < 1.29 is 9.53 Å². The minimum atomic E-state index is -0.983. The summed E-state index contributed by atoms with van der Waals surface area (Å²) in [6.45, 7) is 3.47. The van der Waals surface area contributed by atoms with Crippen molar-refractivity contribution in [2.75, 3.05) is 0 Å². The molecule has 0 saturated carbocycles. The lowest BCUT2D eigenvalue weighted by atomic mass is 9.75. The Labute approximate surface area is 77.0 Å². The summed E-state index contributed by atoms with van der Waals surface area (Å²) in [4.78, 5) is 11.8. The van der Waals surface area contributed by atoms with Crippen molar-refractivity contribution >= 4 is 5.78 Å². The second-order valence-electron chi connectivity index (χ2n) is 3.87. The minimum Gasteiger partial charge on any atom is -0.364 e. The van der Waals surface area contributed by atoms with Crippen LogP contribution in [0.25, 0.3) is 0 Å². The summed E-state index contributed by atoms with van der Waals surface area (Å²) < 4.78 is 5.53. The monoisotopic (exact) mass is 177 g/mol. The third-order valence-electron chi connectivity index (χ3n) is 3.00. The lowest BCUT2D eigenvalue weighted by Gasteiger charge is -2.35. The molecule has 0 spiro atoms. The van der Waals surface area contributed by atoms with Crippen molar-refractivity contribution in [3.63, 3.8) is 0 Å². The molecule has 1 fully saturated rings. The van der Waals surface area contributed by atoms with E-state index in [0.717, 1.165) is 0 Å². The number of rotatable bonds is 0. The van der Waals surface area contributed by atoms with Gasteiger partial charge in [0.05, 0.1) is 12.2 Å². The van der Waals surface area contributed by atoms with Gasteiger partial charge in [0.15, 0.2) is 5.78 Å². The van der Waals surface area contributed by atoms with Crippen LogP contribution in [0.4, 0.5) is 0 Å². The molecule has 0 aliphatic carbocycles. The van der Waals surface area contributed by atoms with Crippen LogP contribution in [0.5, 0.6) is 0 Å². The topological polar surface area (TPSA) is 50.1 Å². The Hall–Kier alpha value is -1.14. The highest BCUT2D eigenvalue weighted by molar-refractivity contribution is 5.91. The number of ketones is 1. The summed E-state index contributed by atoms with van der Waals surface area (Å²) in [6.07, 6.45) is 3.26. The number of hydrogen-bond acceptors (Lipinski definition) is 3. The predicted octanol–water partition coefficient (Wildman–Crippen LogP) is 1.06. The molecule has 0 amide bonds. The zero-order chi connectivity index (χ0) is 9.64. The van der Waals surface area contributed by atoms with Crippen molar-refractivity contribution in [2.24, 2.45) is 11.3 Å². The van der Waals surface area contributed by atoms with E-state index in [-0.39, 0.29) is 23.9 Å². The van der Waals surface area contributed by atoms with E-state index in [2.05, 4.69) is 6.07 Å². The fraction of sp³-hybridized carbons (Fsp3) is 0.600. The maximum Gasteiger partial charge on any atom is 0.161 e. The lowest BCUT2D eigenvalue weighted by Crippen LogP contribution is -2.49. The molecule has 4 atom stereocenters. The van der Waals surface area contributed by atoms with Crippen LogP contribution in [0.3, 0.4) is 0 Å². The molecule has 2 aliphatic heterocycles. The molecule has 1 saturated heterocycles. The number of fused-ring (bicyclic) bond motifs is 2. The quantitative estimate of drug-likeness (QED) is 0.520. The third kappa shape index (κ3) is 0.895. The fourth-order valence-corrected chi connectivity index (χ4v) is 1.96. The molecule has 0 aromatic rings. The molecule has 2 rings (SSSR count). The Kier molecular flexibility index (Phi) is 1.58. The van der Waals surface area contributed by atoms with Gasteiger partial charge in [-0.1, -0.05) is 19.1 Å². The van der Waals surface area contributed by atoms with E-state index >= 15 is 0 Å². The maximum atomic E-state index is 11.8. The Morgan fingerprint density at radius 3 is 2.92 bits per heavy atom. The summed E-state index contributed by atoms with van der Waals surface area (Å²) in [7, 11) is 0. The highest BCUT2D eigenvalue weighted by Gasteiger charge is 2.52. The summed E-state index contributed by atoms with van der Waals surface area (Å²) in [6, 6.07) is 2.06. The van der Waals surface area contributed by atoms with Crippen LogP contribution >= 0.6 is 0 Å². The van der Waals surface area contributed by atoms with Gasteiger partial charge in [-0.3, -0.25) is 4.79 Å². The van der Waals surface area contributed by atoms with Gasteiger partial charge in [-0.05, 0) is 6.92 Å². The van der Waals surface area contributed by atoms with E-state index < -0.39 is 5.41 Å². The first-order valence-corrected chi connectivity index (χ1v) is 4.39. The standard InChI is InChI=1S/C10H11NO2/c1-6-7-3-4-8(13-7)10(2,5-11)9(6)12/h3-4,6-8H,1-2H3/t6-,7+,8+,10?/m1/s1. The number of nitriles is 1. The van der Waals surface area contributed by atoms with Gasteiger partial charge in [0.1, 0.15) is 11.5 Å². The van der Waals surface area contributed by atoms with E-state index in [1.54, 1.807) is 6.92 Å². The number of carbonyl (C=O) groups excluding carboxylic acids is 1. The third-order valence-corrected chi connectivity index (χ3v) is 3.00. The second-order valence-corrected chi connectivity index (χ2v) is 3.87. The Morgan fingerprint density at radius 1 is 1.62 bits per heavy atom. The molecule has 3 heteroatoms. The Bertz CT molecular complexity index is 328. The van der Waals surface area contributed by atoms with Gasteiger partial charge in [-0.15, -0.1) is 0 Å². The number of ether oxygens (including phenoxy) is 1. The molecule has 0 aromatic carbocycles. The number of Topliss-reactive ketones (excluding diaryl/α,β-unsaturated/α-hetero) is 1. The lowest BCUT2D eigenvalue weighted by molar-refractivity contribution is -0.149. The van der Waals surface area contributed by atoms with Crippen molar-refractivity contribution in [2.45, 2.75) is 26.1 Å². The smallest absolute Gasteiger partial charge is 0.161 e. The van der Waals surface area contributed by atoms with Gasteiger partial charge in [-0.25, -0.2) is 0 Å². The molecule has 13 heavy (non-hydrogen) atoms. The summed E-state index contributed by atoms with van der Waals surface area (Å²) >= 11 is 0. The molecule has 3 nitrogen and oxygen atoms in total. The zero-order valence-corrected chi connectivity index (χ0v) is 7.65. The maximum absolute atomic E-state index is 11.8. The molecule has 1 unspecified atom stereocenters. The molecule has 2 bridgehead atoms. The minimum absolute atomic E-state index is 0.00116. The van der Waals surface area contributed by atoms with E-state index in [4.69, 9.17) is 10.00 Å². The zero-order valence-electron chi connectivity index (χ0n) is 7.65. The second kappa shape index (κ2) is 2.43. The van der Waals surface area contributed by atoms with Crippen molar-refractivity contribution in [3.05, 3.63) is 12.2 Å². The highest BCUT2D eigenvalue weighted by atomic mass is 16.5. The van der Waals surface area contributed by atoms with Crippen molar-refractivity contribution in [1.29, 1.82) is 5.26 Å². The van der Waals surface area contributed by atoms with Gasteiger partial charge in [0.2, 0.25) is 0 Å². The summed E-state index contributed by atoms with van der Waals surface area (Å²) in [5, 5.41) is 8.97. The van der Waals surface area contributed by atoms with Gasteiger partial charge in [-0.2, -0.15) is 5.26 Å². The van der Waals surface area contributed by atoms with E-state index in [1.165, 1.54) is 0 Å². The molecule has 2 aliphatic rings. The summed E-state index contributed by atoms with van der Waals surface area (Å²) in [5.41, 5.74) is -0.983. The first kappa shape index (κ1) is 8.46. The number of nitrogens with zero attached hydrogens (tertiary/aromatic N) is 1. The number of hydrogen-bond donors (Lipinski definition) is 0. The highest BCUT2D eigenvalue weighted by Crippen LogP contribution is 2.40. The van der Waals surface area contributed by atoms with Gasteiger partial charge in [0.25, 0.3) is 0 Å². The van der Waals surface area contributed by atoms with Gasteiger partial charge < -0.3 is 4.74 Å². The average Bonchev–Trinajstić information content (AvgIpc) is 2.59. The van der Waals surface area contributed by atoms with Gasteiger partial charge >= 0.3 is 0 Å². The van der Waals surface area contributed by atoms with Crippen LogP contribution in [0, 0.1) is 22.7 Å². The number of carbonyl (C=O) groups is 1. The SMILES string of the molecule is C[C@H]1C(=O)C(C)(C#N)[C@@H]2C=C[C@@H]1O2. The van der Waals surface area contributed by atoms with Crippen LogP contribution in [-0.2, 0) is 9.53 Å². The Morgan fingerprint density at radius 2 is 2.31 bits per heavy atom. The molecule has 68 valence electrons. The summed E-state index contributed by atoms with van der Waals surface area (Å²) in [5.74, 6) is -0.194. The van der Waals surface area contributed by atoms with E-state index in [0.29, 0.717) is 0 Å². The first-order valence-electron chi connectivity index (χ1n) is 4.39. The van der Waals surface area contributed by atoms with Crippen LogP contribution in [0.2, 0.25) is 0 Å². The van der Waals surface area contributed by atoms with Crippen molar-refractivity contribution in [1.82, 2.24) is 0 Å². The first-order chi connectivity index (χ1) is 6.09. The van der Waals surface area contributed by atoms with Crippen LogP contribution in [0.15, 0.2) is 12.2 Å². The molecular weight excluding hydrogens is 166 g/mol. The molecular formula is C10H11NO2. The predicted molar refractivity (Wildman–Crippen MR) is 45.7 cm³/mol. The molecule has 0 radical (unpaired) electrons. The van der Waals surface area contributed by atoms with E-state index in [1.807, 2.05) is 19.1 Å². The molecule has 0 N–H and O–H groups in total. The Balaban J connectivity index is 2.45. The fourth-order valence-electron chi connectivity index (χ4n) is 1.96. The normalized spacial score (nSPS) is 47.8. The molecule has 2 heterocycles. The van der Waals surface area contributed by atoms with Crippen LogP contribution in [0.1, 0.15) is 13.8 Å². The van der Waals surface area contributed by atoms with Gasteiger partial charge in [0, 0.05) is 5.92 Å². The van der Waals surface area contributed by atoms with Crippen LogP contribution < -0.4 is 0 Å². The van der Waals surface area contributed by atoms with E-state index in [9.17, 15) is 4.79 Å². The molecule has 0 aromatic heterocycles. The average molecular weight is 177 g/mol. The van der Waals surface area contributed by atoms with Crippen LogP contribution in [-0.4, -0.2) is 18.0 Å².